The lowest BCUT2D eigenvalue weighted by molar-refractivity contribution is 0.0773. The van der Waals surface area contributed by atoms with Crippen molar-refractivity contribution >= 4 is 23.1 Å². The molecule has 1 aliphatic heterocycles. The predicted octanol–water partition coefficient (Wildman–Crippen LogP) is 3.66. The number of nitrogens with zero attached hydrogens (tertiary/aromatic N) is 2. The van der Waals surface area contributed by atoms with Gasteiger partial charge in [-0.25, -0.2) is 0 Å². The minimum absolute atomic E-state index is 0.0363. The highest BCUT2D eigenvalue weighted by atomic mass is 35.5. The van der Waals surface area contributed by atoms with E-state index in [-0.39, 0.29) is 5.91 Å². The van der Waals surface area contributed by atoms with Crippen LogP contribution in [-0.4, -0.2) is 28.9 Å². The van der Waals surface area contributed by atoms with Gasteiger partial charge in [-0.3, -0.25) is 9.78 Å². The molecule has 2 heterocycles. The number of carbonyl (C=O) groups excluding carboxylic acids is 1. The summed E-state index contributed by atoms with van der Waals surface area (Å²) in [6.07, 6.45) is 6.07. The van der Waals surface area contributed by atoms with Crippen molar-refractivity contribution in [2.75, 3.05) is 13.1 Å². The van der Waals surface area contributed by atoms with E-state index in [1.54, 1.807) is 12.3 Å². The molecule has 0 saturated carbocycles. The van der Waals surface area contributed by atoms with E-state index >= 15 is 0 Å². The summed E-state index contributed by atoms with van der Waals surface area (Å²) >= 11 is 6.04. The van der Waals surface area contributed by atoms with Crippen molar-refractivity contribution in [1.29, 1.82) is 0 Å². The second kappa shape index (κ2) is 6.10. The van der Waals surface area contributed by atoms with Crippen molar-refractivity contribution in [1.82, 2.24) is 9.88 Å². The molecule has 2 aromatic rings. The molecule has 4 heteroatoms. The summed E-state index contributed by atoms with van der Waals surface area (Å²) in [7, 11) is 0. The van der Waals surface area contributed by atoms with Crippen LogP contribution in [0.4, 0.5) is 0 Å². The summed E-state index contributed by atoms with van der Waals surface area (Å²) in [6, 6.07) is 11.9. The molecule has 0 bridgehead atoms. The second-order valence-electron chi connectivity index (χ2n) is 4.95. The van der Waals surface area contributed by atoms with E-state index in [4.69, 9.17) is 11.6 Å². The Kier molecular flexibility index (Phi) is 4.02. The number of amides is 1. The van der Waals surface area contributed by atoms with Crippen LogP contribution in [0, 0.1) is 0 Å². The molecule has 0 spiro atoms. The maximum atomic E-state index is 12.4. The number of pyridine rings is 1. The van der Waals surface area contributed by atoms with Gasteiger partial charge in [0.15, 0.2) is 0 Å². The van der Waals surface area contributed by atoms with E-state index in [2.05, 4.69) is 23.2 Å². The second-order valence-corrected chi connectivity index (χ2v) is 5.36. The normalized spacial score (nSPS) is 14.7. The molecule has 0 saturated heterocycles. The Morgan fingerprint density at radius 2 is 2.00 bits per heavy atom. The van der Waals surface area contributed by atoms with Crippen molar-refractivity contribution in [2.45, 2.75) is 6.42 Å². The van der Waals surface area contributed by atoms with Gasteiger partial charge in [-0.2, -0.15) is 0 Å². The fraction of sp³-hybridized carbons (Fsp3) is 0.176. The number of aromatic nitrogens is 1. The smallest absolute Gasteiger partial charge is 0.255 e. The van der Waals surface area contributed by atoms with Gasteiger partial charge in [0.2, 0.25) is 0 Å². The molecule has 3 rings (SSSR count). The lowest BCUT2D eigenvalue weighted by atomic mass is 9.99. The molecular weight excluding hydrogens is 284 g/mol. The maximum absolute atomic E-state index is 12.4. The Labute approximate surface area is 128 Å². The van der Waals surface area contributed by atoms with Crippen LogP contribution in [0.5, 0.6) is 0 Å². The zero-order valence-corrected chi connectivity index (χ0v) is 12.3. The monoisotopic (exact) mass is 298 g/mol. The van der Waals surface area contributed by atoms with Crippen LogP contribution < -0.4 is 0 Å². The molecule has 1 aliphatic rings. The lowest BCUT2D eigenvalue weighted by Crippen LogP contribution is -2.34. The highest BCUT2D eigenvalue weighted by molar-refractivity contribution is 6.33. The minimum atomic E-state index is -0.0363. The van der Waals surface area contributed by atoms with Crippen molar-refractivity contribution in [3.05, 3.63) is 71.0 Å². The molecule has 0 radical (unpaired) electrons. The molecule has 0 N–H and O–H groups in total. The minimum Gasteiger partial charge on any atom is -0.335 e. The fourth-order valence-corrected chi connectivity index (χ4v) is 2.69. The number of carbonyl (C=O) groups is 1. The number of hydrogen-bond acceptors (Lipinski definition) is 2. The van der Waals surface area contributed by atoms with Crippen molar-refractivity contribution in [3.63, 3.8) is 0 Å². The molecule has 0 unspecified atom stereocenters. The van der Waals surface area contributed by atoms with Gasteiger partial charge >= 0.3 is 0 Å². The topological polar surface area (TPSA) is 33.2 Å². The van der Waals surface area contributed by atoms with E-state index in [0.29, 0.717) is 23.7 Å². The number of hydrogen-bond donors (Lipinski definition) is 0. The van der Waals surface area contributed by atoms with E-state index in [9.17, 15) is 4.79 Å². The largest absolute Gasteiger partial charge is 0.335 e. The Bertz CT molecular complexity index is 682. The molecular formula is C17H15ClN2O. The highest BCUT2D eigenvalue weighted by Gasteiger charge is 2.20. The van der Waals surface area contributed by atoms with Crippen molar-refractivity contribution in [3.8, 4) is 0 Å². The third-order valence-corrected chi connectivity index (χ3v) is 3.94. The molecule has 106 valence electrons. The number of halogens is 1. The van der Waals surface area contributed by atoms with Gasteiger partial charge in [-0.05, 0) is 23.6 Å². The van der Waals surface area contributed by atoms with Crippen LogP contribution in [0.1, 0.15) is 22.3 Å². The quantitative estimate of drug-likeness (QED) is 0.847. The molecule has 21 heavy (non-hydrogen) atoms. The highest BCUT2D eigenvalue weighted by Crippen LogP contribution is 2.24. The van der Waals surface area contributed by atoms with Gasteiger partial charge in [-0.15, -0.1) is 0 Å². The van der Waals surface area contributed by atoms with Gasteiger partial charge in [0, 0.05) is 25.5 Å². The van der Waals surface area contributed by atoms with Crippen LogP contribution in [-0.2, 0) is 0 Å². The van der Waals surface area contributed by atoms with Gasteiger partial charge in [0.1, 0.15) is 0 Å². The summed E-state index contributed by atoms with van der Waals surface area (Å²) in [5.74, 6) is -0.0363. The first-order valence-electron chi connectivity index (χ1n) is 6.89. The van der Waals surface area contributed by atoms with Crippen LogP contribution in [0.15, 0.2) is 54.9 Å². The standard InChI is InChI=1S/C17H15ClN2O/c18-16-12-19-9-6-15(16)17(21)20-10-7-14(8-11-20)13-4-2-1-3-5-13/h1-7,9,12H,8,10-11H2. The predicted molar refractivity (Wildman–Crippen MR) is 84.2 cm³/mol. The zero-order chi connectivity index (χ0) is 14.7. The summed E-state index contributed by atoms with van der Waals surface area (Å²) < 4.78 is 0. The molecule has 0 aliphatic carbocycles. The van der Waals surface area contributed by atoms with Gasteiger partial charge in [0.05, 0.1) is 10.6 Å². The number of benzene rings is 1. The van der Waals surface area contributed by atoms with E-state index in [1.165, 1.54) is 17.3 Å². The molecule has 0 atom stereocenters. The van der Waals surface area contributed by atoms with Crippen LogP contribution in [0.3, 0.4) is 0 Å². The summed E-state index contributed by atoms with van der Waals surface area (Å²) in [6.45, 7) is 1.32. The van der Waals surface area contributed by atoms with E-state index in [1.807, 2.05) is 23.1 Å². The third-order valence-electron chi connectivity index (χ3n) is 3.64. The van der Waals surface area contributed by atoms with Crippen LogP contribution in [0.25, 0.3) is 5.57 Å². The first kappa shape index (κ1) is 13.8. The zero-order valence-electron chi connectivity index (χ0n) is 11.5. The van der Waals surface area contributed by atoms with Gasteiger partial charge in [0.25, 0.3) is 5.91 Å². The molecule has 0 fully saturated rings. The Hall–Kier alpha value is -2.13. The van der Waals surface area contributed by atoms with E-state index in [0.717, 1.165) is 6.42 Å². The molecule has 1 amide bonds. The van der Waals surface area contributed by atoms with Crippen molar-refractivity contribution < 1.29 is 4.79 Å². The summed E-state index contributed by atoms with van der Waals surface area (Å²) in [4.78, 5) is 18.2. The molecule has 1 aromatic heterocycles. The first-order valence-corrected chi connectivity index (χ1v) is 7.27. The van der Waals surface area contributed by atoms with Gasteiger partial charge < -0.3 is 4.90 Å². The average molecular weight is 299 g/mol. The number of rotatable bonds is 2. The third kappa shape index (κ3) is 2.98. The van der Waals surface area contributed by atoms with Crippen LogP contribution >= 0.6 is 11.6 Å². The van der Waals surface area contributed by atoms with Crippen molar-refractivity contribution in [2.24, 2.45) is 0 Å². The van der Waals surface area contributed by atoms with Crippen LogP contribution in [0.2, 0.25) is 5.02 Å². The average Bonchev–Trinajstić information content (AvgIpc) is 2.56. The van der Waals surface area contributed by atoms with E-state index < -0.39 is 0 Å². The maximum Gasteiger partial charge on any atom is 0.255 e. The molecule has 3 nitrogen and oxygen atoms in total. The lowest BCUT2D eigenvalue weighted by Gasteiger charge is -2.27. The van der Waals surface area contributed by atoms with Gasteiger partial charge in [-0.1, -0.05) is 48.0 Å². The Morgan fingerprint density at radius 3 is 2.67 bits per heavy atom. The fourth-order valence-electron chi connectivity index (χ4n) is 2.49. The summed E-state index contributed by atoms with van der Waals surface area (Å²) in [5, 5.41) is 0.403. The SMILES string of the molecule is O=C(c1ccncc1Cl)N1CC=C(c2ccccc2)CC1. The molecule has 1 aromatic carbocycles. The first-order chi connectivity index (χ1) is 10.3. The Morgan fingerprint density at radius 1 is 1.19 bits per heavy atom. The Balaban J connectivity index is 1.75. The summed E-state index contributed by atoms with van der Waals surface area (Å²) in [5.41, 5.74) is 3.04.